The molecule has 0 amide bonds. The van der Waals surface area contributed by atoms with Crippen LogP contribution >= 0.6 is 11.6 Å². The molecule has 0 unspecified atom stereocenters. The van der Waals surface area contributed by atoms with Crippen LogP contribution in [0, 0.1) is 0 Å². The van der Waals surface area contributed by atoms with Crippen LogP contribution in [0.3, 0.4) is 0 Å². The highest BCUT2D eigenvalue weighted by Gasteiger charge is 2.19. The SMILES string of the molecule is C[C@H]1COc2ccc(Cl)cc21. The molecule has 1 aromatic carbocycles. The van der Waals surface area contributed by atoms with Crippen molar-refractivity contribution in [3.05, 3.63) is 28.8 Å². The van der Waals surface area contributed by atoms with E-state index in [1.807, 2.05) is 18.2 Å². The first kappa shape index (κ1) is 6.99. The van der Waals surface area contributed by atoms with Gasteiger partial charge in [0.2, 0.25) is 0 Å². The summed E-state index contributed by atoms with van der Waals surface area (Å²) in [7, 11) is 0. The quantitative estimate of drug-likeness (QED) is 0.579. The maximum atomic E-state index is 5.83. The van der Waals surface area contributed by atoms with Crippen LogP contribution in [-0.2, 0) is 0 Å². The Balaban J connectivity index is 2.52. The molecule has 0 fully saturated rings. The summed E-state index contributed by atoms with van der Waals surface area (Å²) in [4.78, 5) is 0. The summed E-state index contributed by atoms with van der Waals surface area (Å²) < 4.78 is 5.41. The fourth-order valence-corrected chi connectivity index (χ4v) is 1.52. The van der Waals surface area contributed by atoms with Crippen LogP contribution in [0.2, 0.25) is 5.02 Å². The Morgan fingerprint density at radius 1 is 1.55 bits per heavy atom. The number of halogens is 1. The zero-order valence-corrected chi connectivity index (χ0v) is 7.06. The molecule has 1 atom stereocenters. The first-order valence-electron chi connectivity index (χ1n) is 3.69. The lowest BCUT2D eigenvalue weighted by Gasteiger charge is -1.99. The summed E-state index contributed by atoms with van der Waals surface area (Å²) in [6.45, 7) is 2.93. The summed E-state index contributed by atoms with van der Waals surface area (Å²) >= 11 is 5.83. The van der Waals surface area contributed by atoms with Crippen molar-refractivity contribution in [3.8, 4) is 5.75 Å². The average molecular weight is 169 g/mol. The first-order chi connectivity index (χ1) is 5.27. The molecule has 0 aliphatic carbocycles. The van der Waals surface area contributed by atoms with Crippen LogP contribution in [0.1, 0.15) is 18.4 Å². The second kappa shape index (κ2) is 2.42. The van der Waals surface area contributed by atoms with Gasteiger partial charge in [-0.3, -0.25) is 0 Å². The van der Waals surface area contributed by atoms with Crippen LogP contribution in [-0.4, -0.2) is 6.61 Å². The van der Waals surface area contributed by atoms with Gasteiger partial charge < -0.3 is 4.74 Å². The molecule has 0 aromatic heterocycles. The van der Waals surface area contributed by atoms with Gasteiger partial charge in [-0.05, 0) is 18.2 Å². The summed E-state index contributed by atoms with van der Waals surface area (Å²) in [5.74, 6) is 1.48. The van der Waals surface area contributed by atoms with Crippen molar-refractivity contribution in [2.75, 3.05) is 6.61 Å². The molecule has 11 heavy (non-hydrogen) atoms. The van der Waals surface area contributed by atoms with E-state index >= 15 is 0 Å². The van der Waals surface area contributed by atoms with Crippen molar-refractivity contribution in [1.82, 2.24) is 0 Å². The van der Waals surface area contributed by atoms with Gasteiger partial charge in [0.15, 0.2) is 0 Å². The molecule has 1 aromatic rings. The van der Waals surface area contributed by atoms with E-state index < -0.39 is 0 Å². The molecule has 0 saturated carbocycles. The summed E-state index contributed by atoms with van der Waals surface area (Å²) in [6.07, 6.45) is 0. The van der Waals surface area contributed by atoms with Gasteiger partial charge in [-0.25, -0.2) is 0 Å². The third-order valence-corrected chi connectivity index (χ3v) is 2.23. The molecule has 0 saturated heterocycles. The average Bonchev–Trinajstić information content (AvgIpc) is 2.33. The normalized spacial score (nSPS) is 21.1. The number of hydrogen-bond donors (Lipinski definition) is 0. The summed E-state index contributed by atoms with van der Waals surface area (Å²) in [6, 6.07) is 5.77. The Morgan fingerprint density at radius 3 is 3.18 bits per heavy atom. The number of rotatable bonds is 0. The zero-order chi connectivity index (χ0) is 7.84. The minimum atomic E-state index is 0.490. The number of hydrogen-bond acceptors (Lipinski definition) is 1. The molecule has 0 N–H and O–H groups in total. The second-order valence-electron chi connectivity index (χ2n) is 2.89. The predicted octanol–water partition coefficient (Wildman–Crippen LogP) is 2.84. The molecule has 2 rings (SSSR count). The number of fused-ring (bicyclic) bond motifs is 1. The predicted molar refractivity (Wildman–Crippen MR) is 45.4 cm³/mol. The minimum absolute atomic E-state index is 0.490. The van der Waals surface area contributed by atoms with Gasteiger partial charge >= 0.3 is 0 Å². The first-order valence-corrected chi connectivity index (χ1v) is 4.07. The molecule has 58 valence electrons. The molecule has 0 spiro atoms. The molecule has 1 aliphatic heterocycles. The summed E-state index contributed by atoms with van der Waals surface area (Å²) in [5.41, 5.74) is 1.23. The van der Waals surface area contributed by atoms with Gasteiger partial charge in [0.05, 0.1) is 6.61 Å². The lowest BCUT2D eigenvalue weighted by Crippen LogP contribution is -1.93. The van der Waals surface area contributed by atoms with Crippen molar-refractivity contribution in [3.63, 3.8) is 0 Å². The number of ether oxygens (including phenoxy) is 1. The third-order valence-electron chi connectivity index (χ3n) is 1.99. The Hall–Kier alpha value is -0.690. The van der Waals surface area contributed by atoms with Gasteiger partial charge in [0, 0.05) is 16.5 Å². The molecule has 1 aliphatic rings. The van der Waals surface area contributed by atoms with E-state index in [2.05, 4.69) is 6.92 Å². The monoisotopic (exact) mass is 168 g/mol. The highest BCUT2D eigenvalue weighted by atomic mass is 35.5. The maximum Gasteiger partial charge on any atom is 0.123 e. The van der Waals surface area contributed by atoms with E-state index in [-0.39, 0.29) is 0 Å². The van der Waals surface area contributed by atoms with E-state index in [9.17, 15) is 0 Å². The molecule has 0 radical (unpaired) electrons. The van der Waals surface area contributed by atoms with Gasteiger partial charge in [-0.2, -0.15) is 0 Å². The van der Waals surface area contributed by atoms with Crippen LogP contribution in [0.15, 0.2) is 18.2 Å². The minimum Gasteiger partial charge on any atom is -0.493 e. The Bertz CT molecular complexity index is 283. The Morgan fingerprint density at radius 2 is 2.36 bits per heavy atom. The molecule has 2 heteroatoms. The van der Waals surface area contributed by atoms with E-state index in [0.29, 0.717) is 5.92 Å². The zero-order valence-electron chi connectivity index (χ0n) is 6.30. The molecule has 1 nitrogen and oxygen atoms in total. The fourth-order valence-electron chi connectivity index (χ4n) is 1.34. The van der Waals surface area contributed by atoms with Crippen LogP contribution in [0.4, 0.5) is 0 Å². The molecular formula is C9H9ClO. The van der Waals surface area contributed by atoms with Crippen molar-refractivity contribution in [2.45, 2.75) is 12.8 Å². The third kappa shape index (κ3) is 1.10. The summed E-state index contributed by atoms with van der Waals surface area (Å²) in [5, 5.41) is 0.793. The lowest BCUT2D eigenvalue weighted by atomic mass is 10.0. The van der Waals surface area contributed by atoms with Crippen LogP contribution < -0.4 is 4.74 Å². The smallest absolute Gasteiger partial charge is 0.123 e. The highest BCUT2D eigenvalue weighted by Crippen LogP contribution is 2.34. The van der Waals surface area contributed by atoms with Gasteiger partial charge in [0.1, 0.15) is 5.75 Å². The van der Waals surface area contributed by atoms with Crippen molar-refractivity contribution < 1.29 is 4.74 Å². The van der Waals surface area contributed by atoms with Gasteiger partial charge in [-0.1, -0.05) is 18.5 Å². The van der Waals surface area contributed by atoms with Crippen molar-refractivity contribution >= 4 is 11.6 Å². The maximum absolute atomic E-state index is 5.83. The topological polar surface area (TPSA) is 9.23 Å². The lowest BCUT2D eigenvalue weighted by molar-refractivity contribution is 0.337. The fraction of sp³-hybridized carbons (Fsp3) is 0.333. The molecule has 0 bridgehead atoms. The Kier molecular flexibility index (Phi) is 1.53. The van der Waals surface area contributed by atoms with E-state index in [1.54, 1.807) is 0 Å². The van der Waals surface area contributed by atoms with Gasteiger partial charge in [0.25, 0.3) is 0 Å². The largest absolute Gasteiger partial charge is 0.493 e. The Labute approximate surface area is 70.9 Å². The highest BCUT2D eigenvalue weighted by molar-refractivity contribution is 6.30. The van der Waals surface area contributed by atoms with Crippen molar-refractivity contribution in [1.29, 1.82) is 0 Å². The van der Waals surface area contributed by atoms with E-state index in [4.69, 9.17) is 16.3 Å². The van der Waals surface area contributed by atoms with Crippen molar-refractivity contribution in [2.24, 2.45) is 0 Å². The van der Waals surface area contributed by atoms with Gasteiger partial charge in [-0.15, -0.1) is 0 Å². The van der Waals surface area contributed by atoms with Crippen LogP contribution in [0.5, 0.6) is 5.75 Å². The number of benzene rings is 1. The van der Waals surface area contributed by atoms with E-state index in [1.165, 1.54) is 5.56 Å². The van der Waals surface area contributed by atoms with E-state index in [0.717, 1.165) is 17.4 Å². The van der Waals surface area contributed by atoms with Crippen LogP contribution in [0.25, 0.3) is 0 Å². The molecular weight excluding hydrogens is 160 g/mol. The second-order valence-corrected chi connectivity index (χ2v) is 3.33. The standard InChI is InChI=1S/C9H9ClO/c1-6-5-11-9-3-2-7(10)4-8(6)9/h2-4,6H,5H2,1H3/t6-/m0/s1. The molecule has 1 heterocycles.